The van der Waals surface area contributed by atoms with Crippen molar-refractivity contribution < 1.29 is 4.74 Å². The molecule has 2 unspecified atom stereocenters. The average Bonchev–Trinajstić information content (AvgIpc) is 2.93. The van der Waals surface area contributed by atoms with Gasteiger partial charge in [0.25, 0.3) is 0 Å². The van der Waals surface area contributed by atoms with Crippen LogP contribution in [0.25, 0.3) is 0 Å². The fourth-order valence-electron chi connectivity index (χ4n) is 3.56. The van der Waals surface area contributed by atoms with Crippen molar-refractivity contribution in [2.75, 3.05) is 51.3 Å². The highest BCUT2D eigenvalue weighted by atomic mass is 16.5. The molecule has 0 spiro atoms. The van der Waals surface area contributed by atoms with Gasteiger partial charge in [0.05, 0.1) is 12.8 Å². The summed E-state index contributed by atoms with van der Waals surface area (Å²) in [7, 11) is 1.75. The van der Waals surface area contributed by atoms with Crippen LogP contribution in [0.3, 0.4) is 0 Å². The summed E-state index contributed by atoms with van der Waals surface area (Å²) in [6, 6.07) is 9.02. The molecule has 2 saturated heterocycles. The molecule has 2 aliphatic rings. The molecule has 1 aromatic rings. The Balaban J connectivity index is 1.55. The lowest BCUT2D eigenvalue weighted by Crippen LogP contribution is -2.48. The van der Waals surface area contributed by atoms with Crippen molar-refractivity contribution in [1.82, 2.24) is 10.2 Å². The fourth-order valence-corrected chi connectivity index (χ4v) is 3.56. The van der Waals surface area contributed by atoms with Crippen molar-refractivity contribution in [3.63, 3.8) is 0 Å². The smallest absolute Gasteiger partial charge is 0.142 e. The molecule has 2 heterocycles. The molecular weight excluding hydrogens is 262 g/mol. The molecular formula is C17H27N3O. The molecule has 0 bridgehead atoms. The van der Waals surface area contributed by atoms with E-state index in [0.717, 1.165) is 37.8 Å². The van der Waals surface area contributed by atoms with Crippen LogP contribution in [0.1, 0.15) is 13.3 Å². The first kappa shape index (κ1) is 14.7. The SMILES string of the molecule is COc1ccccc1N1CCN(CC2CCNC2C)CC1. The van der Waals surface area contributed by atoms with Gasteiger partial charge in [-0.15, -0.1) is 0 Å². The third kappa shape index (κ3) is 3.33. The van der Waals surface area contributed by atoms with Gasteiger partial charge in [0.2, 0.25) is 0 Å². The second-order valence-corrected chi connectivity index (χ2v) is 6.25. The quantitative estimate of drug-likeness (QED) is 0.915. The van der Waals surface area contributed by atoms with E-state index in [9.17, 15) is 0 Å². The molecule has 0 radical (unpaired) electrons. The van der Waals surface area contributed by atoms with E-state index >= 15 is 0 Å². The van der Waals surface area contributed by atoms with E-state index in [1.54, 1.807) is 7.11 Å². The van der Waals surface area contributed by atoms with Gasteiger partial charge in [0.15, 0.2) is 0 Å². The highest BCUT2D eigenvalue weighted by Crippen LogP contribution is 2.28. The molecule has 21 heavy (non-hydrogen) atoms. The molecule has 2 fully saturated rings. The molecule has 116 valence electrons. The highest BCUT2D eigenvalue weighted by Gasteiger charge is 2.27. The van der Waals surface area contributed by atoms with Gasteiger partial charge in [0, 0.05) is 38.8 Å². The van der Waals surface area contributed by atoms with Gasteiger partial charge in [-0.1, -0.05) is 12.1 Å². The summed E-state index contributed by atoms with van der Waals surface area (Å²) in [5.74, 6) is 1.81. The Kier molecular flexibility index (Phi) is 4.66. The molecule has 0 aliphatic carbocycles. The molecule has 0 saturated carbocycles. The Labute approximate surface area is 128 Å². The van der Waals surface area contributed by atoms with E-state index in [0.29, 0.717) is 6.04 Å². The fraction of sp³-hybridized carbons (Fsp3) is 0.647. The van der Waals surface area contributed by atoms with E-state index in [4.69, 9.17) is 4.74 Å². The summed E-state index contributed by atoms with van der Waals surface area (Å²) in [6.07, 6.45) is 1.33. The van der Waals surface area contributed by atoms with E-state index in [-0.39, 0.29) is 0 Å². The summed E-state index contributed by atoms with van der Waals surface area (Å²) in [6.45, 7) is 9.25. The first-order valence-electron chi connectivity index (χ1n) is 8.11. The van der Waals surface area contributed by atoms with Gasteiger partial charge in [-0.2, -0.15) is 0 Å². The van der Waals surface area contributed by atoms with Crippen LogP contribution in [0.2, 0.25) is 0 Å². The van der Waals surface area contributed by atoms with Gasteiger partial charge >= 0.3 is 0 Å². The summed E-state index contributed by atoms with van der Waals surface area (Å²) >= 11 is 0. The molecule has 4 nitrogen and oxygen atoms in total. The maximum atomic E-state index is 5.48. The number of ether oxygens (including phenoxy) is 1. The van der Waals surface area contributed by atoms with Gasteiger partial charge in [-0.25, -0.2) is 0 Å². The minimum Gasteiger partial charge on any atom is -0.495 e. The van der Waals surface area contributed by atoms with Crippen molar-refractivity contribution in [3.05, 3.63) is 24.3 Å². The Morgan fingerprint density at radius 2 is 1.95 bits per heavy atom. The number of nitrogens with one attached hydrogen (secondary N) is 1. The molecule has 1 N–H and O–H groups in total. The predicted octanol–water partition coefficient (Wildman–Crippen LogP) is 1.82. The highest BCUT2D eigenvalue weighted by molar-refractivity contribution is 5.58. The van der Waals surface area contributed by atoms with Crippen LogP contribution in [0.4, 0.5) is 5.69 Å². The van der Waals surface area contributed by atoms with Crippen molar-refractivity contribution in [2.45, 2.75) is 19.4 Å². The van der Waals surface area contributed by atoms with Crippen LogP contribution in [-0.4, -0.2) is 57.3 Å². The Morgan fingerprint density at radius 1 is 1.19 bits per heavy atom. The largest absolute Gasteiger partial charge is 0.495 e. The molecule has 4 heteroatoms. The first-order valence-corrected chi connectivity index (χ1v) is 8.11. The Hall–Kier alpha value is -1.26. The lowest BCUT2D eigenvalue weighted by molar-refractivity contribution is 0.212. The Bertz CT molecular complexity index is 457. The molecule has 2 atom stereocenters. The molecule has 0 amide bonds. The van der Waals surface area contributed by atoms with Crippen LogP contribution in [0, 0.1) is 5.92 Å². The maximum absolute atomic E-state index is 5.48. The second kappa shape index (κ2) is 6.67. The average molecular weight is 289 g/mol. The summed E-state index contributed by atoms with van der Waals surface area (Å²) < 4.78 is 5.48. The zero-order valence-electron chi connectivity index (χ0n) is 13.2. The van der Waals surface area contributed by atoms with Crippen LogP contribution in [0.5, 0.6) is 5.75 Å². The summed E-state index contributed by atoms with van der Waals surface area (Å²) in [5, 5.41) is 3.56. The number of para-hydroxylation sites is 2. The monoisotopic (exact) mass is 289 g/mol. The van der Waals surface area contributed by atoms with E-state index < -0.39 is 0 Å². The van der Waals surface area contributed by atoms with Crippen LogP contribution in [-0.2, 0) is 0 Å². The third-order valence-electron chi connectivity index (χ3n) is 4.98. The van der Waals surface area contributed by atoms with E-state index in [1.807, 2.05) is 12.1 Å². The predicted molar refractivity (Wildman–Crippen MR) is 87.2 cm³/mol. The third-order valence-corrected chi connectivity index (χ3v) is 4.98. The molecule has 3 rings (SSSR count). The lowest BCUT2D eigenvalue weighted by atomic mass is 10.0. The Morgan fingerprint density at radius 3 is 2.62 bits per heavy atom. The lowest BCUT2D eigenvalue weighted by Gasteiger charge is -2.38. The number of hydrogen-bond acceptors (Lipinski definition) is 4. The van der Waals surface area contributed by atoms with Gasteiger partial charge in [-0.05, 0) is 37.9 Å². The summed E-state index contributed by atoms with van der Waals surface area (Å²) in [5.41, 5.74) is 1.23. The normalized spacial score (nSPS) is 27.0. The van der Waals surface area contributed by atoms with Crippen LogP contribution in [0.15, 0.2) is 24.3 Å². The summed E-state index contributed by atoms with van der Waals surface area (Å²) in [4.78, 5) is 5.08. The standard InChI is InChI=1S/C17H27N3O/c1-14-15(7-8-18-14)13-19-9-11-20(12-10-19)16-5-3-4-6-17(16)21-2/h3-6,14-15,18H,7-13H2,1-2H3. The van der Waals surface area contributed by atoms with Crippen molar-refractivity contribution in [3.8, 4) is 5.75 Å². The maximum Gasteiger partial charge on any atom is 0.142 e. The number of benzene rings is 1. The van der Waals surface area contributed by atoms with Crippen molar-refractivity contribution >= 4 is 5.69 Å². The number of methoxy groups -OCH3 is 1. The van der Waals surface area contributed by atoms with Crippen LogP contribution >= 0.6 is 0 Å². The van der Waals surface area contributed by atoms with Crippen molar-refractivity contribution in [1.29, 1.82) is 0 Å². The van der Waals surface area contributed by atoms with Crippen molar-refractivity contribution in [2.24, 2.45) is 5.92 Å². The number of anilines is 1. The van der Waals surface area contributed by atoms with Gasteiger partial charge in [-0.3, -0.25) is 4.90 Å². The van der Waals surface area contributed by atoms with Gasteiger partial charge < -0.3 is 15.0 Å². The molecule has 2 aliphatic heterocycles. The zero-order valence-corrected chi connectivity index (χ0v) is 13.2. The first-order chi connectivity index (χ1) is 10.3. The number of hydrogen-bond donors (Lipinski definition) is 1. The minimum absolute atomic E-state index is 0.678. The second-order valence-electron chi connectivity index (χ2n) is 6.25. The number of rotatable bonds is 4. The molecule has 1 aromatic carbocycles. The topological polar surface area (TPSA) is 27.7 Å². The van der Waals surface area contributed by atoms with E-state index in [1.165, 1.54) is 25.2 Å². The van der Waals surface area contributed by atoms with Gasteiger partial charge in [0.1, 0.15) is 5.75 Å². The van der Waals surface area contributed by atoms with E-state index in [2.05, 4.69) is 34.2 Å². The molecule has 0 aromatic heterocycles. The van der Waals surface area contributed by atoms with Crippen LogP contribution < -0.4 is 15.0 Å². The zero-order chi connectivity index (χ0) is 14.7. The number of piperazine rings is 1. The number of nitrogens with zero attached hydrogens (tertiary/aromatic N) is 2. The minimum atomic E-state index is 0.678.